The summed E-state index contributed by atoms with van der Waals surface area (Å²) in [7, 11) is 0. The molecule has 0 amide bonds. The quantitative estimate of drug-likeness (QED) is 0.0876. The van der Waals surface area contributed by atoms with E-state index in [0.29, 0.717) is 47.3 Å². The van der Waals surface area contributed by atoms with E-state index in [4.69, 9.17) is 37.6 Å². The van der Waals surface area contributed by atoms with Crippen LogP contribution in [0.15, 0.2) is 286 Å². The second-order valence-corrected chi connectivity index (χ2v) is 43.1. The van der Waals surface area contributed by atoms with Crippen molar-refractivity contribution < 1.29 is 98.1 Å². The molecule has 0 N–H and O–H groups in total. The Balaban J connectivity index is 0.000000115. The summed E-state index contributed by atoms with van der Waals surface area (Å²) in [4.78, 5) is 19.4. The van der Waals surface area contributed by atoms with Gasteiger partial charge < -0.3 is 35.9 Å². The summed E-state index contributed by atoms with van der Waals surface area (Å²) in [6, 6.07) is 91.0. The van der Waals surface area contributed by atoms with Crippen LogP contribution in [0.1, 0.15) is 349 Å². The van der Waals surface area contributed by atoms with E-state index < -0.39 is 0 Å². The van der Waals surface area contributed by atoms with Crippen molar-refractivity contribution >= 4 is 87.8 Å². The van der Waals surface area contributed by atoms with Crippen LogP contribution >= 0.6 is 0 Å². The topological polar surface area (TPSA) is 124 Å². The Morgan fingerprint density at radius 1 is 0.209 bits per heavy atom. The fraction of sp³-hybridized carbons (Fsp3) is 0.364. The van der Waals surface area contributed by atoms with Crippen molar-refractivity contribution in [1.82, 2.24) is 38.2 Å². The third kappa shape index (κ3) is 20.5. The first-order valence-corrected chi connectivity index (χ1v) is 55.5. The first-order chi connectivity index (χ1) is 71.5. The maximum absolute atomic E-state index is 6.80. The van der Waals surface area contributed by atoms with E-state index in [2.05, 4.69) is 237 Å². The van der Waals surface area contributed by atoms with Crippen molar-refractivity contribution in [2.45, 2.75) is 304 Å². The van der Waals surface area contributed by atoms with Crippen LogP contribution in [0.5, 0.6) is 0 Å². The van der Waals surface area contributed by atoms with Gasteiger partial charge in [0, 0.05) is 185 Å². The van der Waals surface area contributed by atoms with E-state index in [1.807, 2.05) is 73.3 Å². The zero-order valence-electron chi connectivity index (χ0n) is 84.9. The average Bonchev–Trinajstić information content (AvgIpc) is 1.57. The molecule has 28 rings (SSSR count). The summed E-state index contributed by atoms with van der Waals surface area (Å²) in [6.07, 6.45) is 68.3. The van der Waals surface area contributed by atoms with Crippen molar-refractivity contribution in [3.63, 3.8) is 0 Å². The molecular formula is C132H132Ir4N8O4-4. The van der Waals surface area contributed by atoms with Gasteiger partial charge in [0.2, 0.25) is 0 Å². The number of hydrogen-bond acceptors (Lipinski definition) is 8. The van der Waals surface area contributed by atoms with Crippen molar-refractivity contribution in [2.24, 2.45) is 0 Å². The minimum absolute atomic E-state index is 0. The Hall–Kier alpha value is -10.7. The van der Waals surface area contributed by atoms with Gasteiger partial charge >= 0.3 is 0 Å². The molecule has 4 radical (unpaired) electrons. The van der Waals surface area contributed by atoms with Gasteiger partial charge in [-0.3, -0.25) is 19.9 Å². The van der Waals surface area contributed by atoms with Crippen LogP contribution in [0.3, 0.4) is 0 Å². The van der Waals surface area contributed by atoms with E-state index in [1.165, 1.54) is 367 Å². The Morgan fingerprint density at radius 2 is 0.493 bits per heavy atom. The molecule has 8 aromatic heterocycles. The average molecular weight is 2660 g/mol. The van der Waals surface area contributed by atoms with Crippen LogP contribution in [-0.2, 0) is 80.4 Å². The largest absolute Gasteiger partial charge is 0.456 e. The number of para-hydroxylation sites is 4. The third-order valence-electron chi connectivity index (χ3n) is 34.4. The van der Waals surface area contributed by atoms with Gasteiger partial charge in [-0.05, 0) is 231 Å². The van der Waals surface area contributed by atoms with Gasteiger partial charge in [0.15, 0.2) is 5.58 Å². The third-order valence-corrected chi connectivity index (χ3v) is 34.4. The summed E-state index contributed by atoms with van der Waals surface area (Å²) < 4.78 is 36.2. The molecule has 8 aliphatic carbocycles. The second kappa shape index (κ2) is 47.4. The minimum atomic E-state index is 0. The molecule has 20 aromatic rings. The van der Waals surface area contributed by atoms with E-state index >= 15 is 0 Å². The first kappa shape index (κ1) is 103. The van der Waals surface area contributed by atoms with Crippen LogP contribution in [-0.4, -0.2) is 38.2 Å². The molecule has 0 bridgehead atoms. The second-order valence-electron chi connectivity index (χ2n) is 43.1. The molecular weight excluding hydrogens is 2530 g/mol. The van der Waals surface area contributed by atoms with Gasteiger partial charge in [-0.1, -0.05) is 233 Å². The van der Waals surface area contributed by atoms with Crippen molar-refractivity contribution in [3.8, 4) is 68.3 Å². The van der Waals surface area contributed by atoms with Crippen LogP contribution in [0, 0.1) is 24.3 Å². The Labute approximate surface area is 925 Å². The van der Waals surface area contributed by atoms with Gasteiger partial charge in [0.05, 0.1) is 40.1 Å². The molecule has 12 nitrogen and oxygen atoms in total. The van der Waals surface area contributed by atoms with E-state index in [-0.39, 0.29) is 80.4 Å². The van der Waals surface area contributed by atoms with Crippen LogP contribution in [0.25, 0.3) is 156 Å². The number of fused-ring (bicyclic) bond motifs is 12. The van der Waals surface area contributed by atoms with Crippen LogP contribution in [0.4, 0.5) is 0 Å². The van der Waals surface area contributed by atoms with Crippen molar-refractivity contribution in [2.75, 3.05) is 0 Å². The zero-order valence-corrected chi connectivity index (χ0v) is 94.4. The number of hydrogen-bond donors (Lipinski definition) is 0. The molecule has 8 aliphatic rings. The maximum atomic E-state index is 6.80. The minimum Gasteiger partial charge on any atom is -0.456 e. The summed E-state index contributed by atoms with van der Waals surface area (Å²) in [5, 5.41) is 10.2. The molecule has 764 valence electrons. The predicted molar refractivity (Wildman–Crippen MR) is 587 cm³/mol. The molecule has 0 spiro atoms. The zero-order chi connectivity index (χ0) is 95.6. The van der Waals surface area contributed by atoms with Crippen molar-refractivity contribution in [1.29, 1.82) is 0 Å². The fourth-order valence-electron chi connectivity index (χ4n) is 27.5. The van der Waals surface area contributed by atoms with Crippen LogP contribution < -0.4 is 0 Å². The summed E-state index contributed by atoms with van der Waals surface area (Å²) in [5.74, 6) is 8.35. The number of furan rings is 4. The number of nitrogens with zero attached hydrogens (tertiary/aromatic N) is 8. The molecule has 8 saturated carbocycles. The molecule has 8 heterocycles. The first-order valence-electron chi connectivity index (χ1n) is 55.5. The Morgan fingerprint density at radius 3 is 0.899 bits per heavy atom. The van der Waals surface area contributed by atoms with Gasteiger partial charge in [-0.2, -0.15) is 0 Å². The standard InChI is InChI=1S/4C33H33N2O.4Ir/c1-4-12-23(13-5-1)27-22-28-26-18-10-11-19-29(26)36-32(28)30(24-14-6-2-7-15-24)31(27)35-21-20-34-33(35)25-16-8-3-9-17-25;1-4-12-23(13-5-1)27-22-28(24-14-6-2-7-15-24)32-30(26-18-10-11-19-29(26)36-32)31(27)35-21-20-34-33(35)25-16-8-3-9-17-25;1-4-12-23(13-5-1)27-22-28(24-14-6-2-7-15-24)31(32-30(27)26-18-10-11-19-29(26)36-32)35-21-20-34-33(35)25-16-8-3-9-17-25;1-4-12-23(13-5-1)27-22-29-31(26-18-10-11-19-28(26)36-29)30(24-14-6-2-7-15-24)32(27)35-21-20-34-33(35)25-16-8-3-9-17-25;;;;/h4*3,8-11,16,18-24H,1-2,4-7,12-15H2;;;;/q4*-1;;;;. The number of benzene rings is 12. The molecule has 0 atom stereocenters. The van der Waals surface area contributed by atoms with E-state index in [9.17, 15) is 0 Å². The van der Waals surface area contributed by atoms with Gasteiger partial charge in [-0.25, -0.2) is 0 Å². The molecule has 0 saturated heterocycles. The summed E-state index contributed by atoms with van der Waals surface area (Å²) in [6.45, 7) is 0. The number of aromatic nitrogens is 8. The monoisotopic (exact) mass is 2660 g/mol. The molecule has 0 unspecified atom stereocenters. The van der Waals surface area contributed by atoms with Crippen LogP contribution in [0.2, 0.25) is 0 Å². The molecule has 8 fully saturated rings. The summed E-state index contributed by atoms with van der Waals surface area (Å²) in [5.41, 5.74) is 29.3. The molecule has 12 aromatic carbocycles. The Kier molecular flexibility index (Phi) is 33.0. The molecule has 148 heavy (non-hydrogen) atoms. The van der Waals surface area contributed by atoms with Crippen molar-refractivity contribution in [3.05, 3.63) is 337 Å². The number of rotatable bonds is 16. The normalized spacial score (nSPS) is 17.3. The van der Waals surface area contributed by atoms with Gasteiger partial charge in [-0.15, -0.1) is 144 Å². The SMILES string of the molecule is [Ir].[Ir].[Ir].[Ir].[c-]1ccccc1-c1nccn1-c1c(C2CCCCC2)cc(C2CCCCC2)c2c1oc1ccccc12.[c-]1ccccc1-c1nccn1-c1c(C2CCCCC2)cc(C2CCCCC2)c2oc3ccccc3c12.[c-]1ccccc1-c1nccn1-c1c(C2CCCCC2)cc2c(oc3ccccc32)c1C1CCCCC1.[c-]1ccccc1-c1nccn1-c1c(C2CCCCC2)cc2oc3ccccc3c2c1C1CCCCC1. The molecule has 16 heteroatoms. The van der Waals surface area contributed by atoms with E-state index in [0.717, 1.165) is 90.2 Å². The Bertz CT molecular complexity index is 7810. The molecule has 0 aliphatic heterocycles. The van der Waals surface area contributed by atoms with Gasteiger partial charge in [0.25, 0.3) is 0 Å². The number of imidazole rings is 4. The van der Waals surface area contributed by atoms with Gasteiger partial charge in [0.1, 0.15) is 39.1 Å². The maximum Gasteiger partial charge on any atom is 0.159 e. The fourth-order valence-corrected chi connectivity index (χ4v) is 27.5. The smallest absolute Gasteiger partial charge is 0.159 e. The van der Waals surface area contributed by atoms with E-state index in [1.54, 1.807) is 0 Å². The summed E-state index contributed by atoms with van der Waals surface area (Å²) >= 11 is 0. The predicted octanol–water partition coefficient (Wildman–Crippen LogP) is 37.3.